The number of ether oxygens (including phenoxy) is 1. The molecule has 1 rings (SSSR count). The Balaban J connectivity index is 2.61. The van der Waals surface area contributed by atoms with E-state index in [1.54, 1.807) is 0 Å². The lowest BCUT2D eigenvalue weighted by molar-refractivity contribution is -0.0994. The van der Waals surface area contributed by atoms with Crippen LogP contribution in [-0.2, 0) is 4.74 Å². The second-order valence-electron chi connectivity index (χ2n) is 7.32. The molecule has 4 unspecified atom stereocenters. The fourth-order valence-electron chi connectivity index (χ4n) is 3.31. The molecule has 2 N–H and O–H groups in total. The quantitative estimate of drug-likeness (QED) is 0.819. The summed E-state index contributed by atoms with van der Waals surface area (Å²) in [4.78, 5) is 0. The first-order valence-corrected chi connectivity index (χ1v) is 7.11. The second-order valence-corrected chi connectivity index (χ2v) is 7.32. The maximum Gasteiger partial charge on any atom is 0.0775 e. The highest BCUT2D eigenvalue weighted by molar-refractivity contribution is 4.84. The van der Waals surface area contributed by atoms with Gasteiger partial charge in [0, 0.05) is 6.04 Å². The summed E-state index contributed by atoms with van der Waals surface area (Å²) in [6, 6.07) is 0.0996. The maximum absolute atomic E-state index is 6.33. The summed E-state index contributed by atoms with van der Waals surface area (Å²) in [7, 11) is 0. The number of hydrogen-bond donors (Lipinski definition) is 1. The molecule has 1 aliphatic rings. The van der Waals surface area contributed by atoms with Gasteiger partial charge in [-0.05, 0) is 43.4 Å². The smallest absolute Gasteiger partial charge is 0.0775 e. The van der Waals surface area contributed by atoms with Gasteiger partial charge < -0.3 is 10.5 Å². The Morgan fingerprint density at radius 1 is 1.06 bits per heavy atom. The summed E-state index contributed by atoms with van der Waals surface area (Å²) in [6.07, 6.45) is 4.31. The van der Waals surface area contributed by atoms with Crippen molar-refractivity contribution in [3.63, 3.8) is 0 Å². The highest BCUT2D eigenvalue weighted by Crippen LogP contribution is 2.34. The van der Waals surface area contributed by atoms with Crippen molar-refractivity contribution in [3.05, 3.63) is 0 Å². The van der Waals surface area contributed by atoms with Gasteiger partial charge in [0.15, 0.2) is 0 Å². The average Bonchev–Trinajstić information content (AvgIpc) is 2.10. The third-order valence-corrected chi connectivity index (χ3v) is 3.81. The van der Waals surface area contributed by atoms with E-state index < -0.39 is 0 Å². The molecule has 17 heavy (non-hydrogen) atoms. The average molecular weight is 241 g/mol. The van der Waals surface area contributed by atoms with Gasteiger partial charge in [-0.25, -0.2) is 0 Å². The summed E-state index contributed by atoms with van der Waals surface area (Å²) in [5.74, 6) is 1.58. The van der Waals surface area contributed by atoms with Crippen LogP contribution >= 0.6 is 0 Å². The molecule has 0 aromatic carbocycles. The predicted octanol–water partition coefficient (Wildman–Crippen LogP) is 3.59. The Bertz CT molecular complexity index is 222. The first-order chi connectivity index (χ1) is 7.70. The maximum atomic E-state index is 6.33. The van der Waals surface area contributed by atoms with Crippen LogP contribution in [0.5, 0.6) is 0 Å². The zero-order chi connectivity index (χ0) is 13.2. The lowest BCUT2D eigenvalue weighted by Gasteiger charge is -2.40. The Morgan fingerprint density at radius 3 is 1.88 bits per heavy atom. The summed E-state index contributed by atoms with van der Waals surface area (Å²) < 4.78 is 6.33. The van der Waals surface area contributed by atoms with Crippen LogP contribution < -0.4 is 5.73 Å². The van der Waals surface area contributed by atoms with E-state index in [0.29, 0.717) is 6.10 Å². The molecule has 0 saturated heterocycles. The van der Waals surface area contributed by atoms with Crippen LogP contribution in [0.15, 0.2) is 0 Å². The highest BCUT2D eigenvalue weighted by Gasteiger charge is 2.33. The molecule has 4 atom stereocenters. The minimum absolute atomic E-state index is 0.0996. The molecule has 1 saturated carbocycles. The molecule has 0 aliphatic heterocycles. The van der Waals surface area contributed by atoms with Crippen molar-refractivity contribution in [2.24, 2.45) is 23.0 Å². The Morgan fingerprint density at radius 2 is 1.53 bits per heavy atom. The van der Waals surface area contributed by atoms with Gasteiger partial charge in [-0.15, -0.1) is 0 Å². The van der Waals surface area contributed by atoms with E-state index >= 15 is 0 Å². The Labute approximate surface area is 107 Å². The van der Waals surface area contributed by atoms with Gasteiger partial charge in [0.05, 0.1) is 12.2 Å². The molecule has 0 spiro atoms. The van der Waals surface area contributed by atoms with Crippen LogP contribution in [0.3, 0.4) is 0 Å². The van der Waals surface area contributed by atoms with E-state index in [1.165, 1.54) is 19.3 Å². The molecule has 2 nitrogen and oxygen atoms in total. The minimum Gasteiger partial charge on any atom is -0.373 e. The van der Waals surface area contributed by atoms with Gasteiger partial charge in [0.1, 0.15) is 0 Å². The van der Waals surface area contributed by atoms with Crippen molar-refractivity contribution in [1.82, 2.24) is 0 Å². The Hall–Kier alpha value is -0.0800. The number of hydrogen-bond acceptors (Lipinski definition) is 2. The molecule has 1 aliphatic carbocycles. The van der Waals surface area contributed by atoms with Crippen LogP contribution in [0, 0.1) is 17.3 Å². The van der Waals surface area contributed by atoms with Crippen molar-refractivity contribution in [2.75, 3.05) is 0 Å². The van der Waals surface area contributed by atoms with Gasteiger partial charge in [0.25, 0.3) is 0 Å². The third-order valence-electron chi connectivity index (χ3n) is 3.81. The van der Waals surface area contributed by atoms with E-state index in [2.05, 4.69) is 41.5 Å². The van der Waals surface area contributed by atoms with Gasteiger partial charge in [-0.3, -0.25) is 0 Å². The number of rotatable bonds is 3. The van der Waals surface area contributed by atoms with Gasteiger partial charge >= 0.3 is 0 Å². The molecule has 0 radical (unpaired) electrons. The fraction of sp³-hybridized carbons (Fsp3) is 1.00. The molecule has 102 valence electrons. The molecular formula is C15H31NO. The van der Waals surface area contributed by atoms with Crippen molar-refractivity contribution in [2.45, 2.75) is 79.1 Å². The van der Waals surface area contributed by atoms with E-state index in [-0.39, 0.29) is 17.6 Å². The van der Waals surface area contributed by atoms with Crippen LogP contribution in [-0.4, -0.2) is 18.2 Å². The predicted molar refractivity (Wildman–Crippen MR) is 73.9 cm³/mol. The lowest BCUT2D eigenvalue weighted by atomic mass is 9.80. The molecular weight excluding hydrogens is 210 g/mol. The van der Waals surface area contributed by atoms with Crippen molar-refractivity contribution < 1.29 is 4.74 Å². The fourth-order valence-corrected chi connectivity index (χ4v) is 3.31. The number of nitrogens with two attached hydrogens (primary N) is 1. The molecule has 2 heteroatoms. The molecule has 0 amide bonds. The first-order valence-electron chi connectivity index (χ1n) is 7.11. The lowest BCUT2D eigenvalue weighted by Crippen LogP contribution is -2.46. The molecule has 0 heterocycles. The SMILES string of the molecule is CC1CC(C)CC(OC(C(C)N)C(C)(C)C)C1. The van der Waals surface area contributed by atoms with Crippen LogP contribution in [0.1, 0.15) is 60.8 Å². The largest absolute Gasteiger partial charge is 0.373 e. The topological polar surface area (TPSA) is 35.2 Å². The Kier molecular flexibility index (Phi) is 5.03. The van der Waals surface area contributed by atoms with Crippen molar-refractivity contribution in [1.29, 1.82) is 0 Å². The van der Waals surface area contributed by atoms with Crippen molar-refractivity contribution in [3.8, 4) is 0 Å². The molecule has 0 bridgehead atoms. The van der Waals surface area contributed by atoms with E-state index in [9.17, 15) is 0 Å². The summed E-state index contributed by atoms with van der Waals surface area (Å²) in [5, 5.41) is 0. The van der Waals surface area contributed by atoms with Crippen LogP contribution in [0.4, 0.5) is 0 Å². The first kappa shape index (κ1) is 15.0. The third kappa shape index (κ3) is 4.59. The highest BCUT2D eigenvalue weighted by atomic mass is 16.5. The van der Waals surface area contributed by atoms with Gasteiger partial charge in [-0.1, -0.05) is 34.6 Å². The van der Waals surface area contributed by atoms with Crippen molar-refractivity contribution >= 4 is 0 Å². The zero-order valence-corrected chi connectivity index (χ0v) is 12.5. The normalized spacial score (nSPS) is 34.4. The summed E-state index contributed by atoms with van der Waals surface area (Å²) in [5.41, 5.74) is 6.21. The molecule has 0 aromatic heterocycles. The van der Waals surface area contributed by atoms with E-state index in [4.69, 9.17) is 10.5 Å². The monoisotopic (exact) mass is 241 g/mol. The van der Waals surface area contributed by atoms with Crippen LogP contribution in [0.2, 0.25) is 0 Å². The van der Waals surface area contributed by atoms with E-state index in [1.807, 2.05) is 0 Å². The van der Waals surface area contributed by atoms with Gasteiger partial charge in [-0.2, -0.15) is 0 Å². The van der Waals surface area contributed by atoms with Gasteiger partial charge in [0.2, 0.25) is 0 Å². The molecule has 0 aromatic rings. The zero-order valence-electron chi connectivity index (χ0n) is 12.5. The summed E-state index contributed by atoms with van der Waals surface area (Å²) >= 11 is 0. The minimum atomic E-state index is 0.0996. The molecule has 1 fully saturated rings. The van der Waals surface area contributed by atoms with Crippen LogP contribution in [0.25, 0.3) is 0 Å². The standard InChI is InChI=1S/C15H31NO/c1-10-7-11(2)9-13(8-10)17-14(12(3)16)15(4,5)6/h10-14H,7-9,16H2,1-6H3. The summed E-state index contributed by atoms with van der Waals surface area (Å²) in [6.45, 7) is 13.4. The second kappa shape index (κ2) is 5.71. The van der Waals surface area contributed by atoms with E-state index in [0.717, 1.165) is 11.8 Å².